The van der Waals surface area contributed by atoms with Crippen LogP contribution in [0.2, 0.25) is 0 Å². The normalized spacial score (nSPS) is 10.3. The number of thiazole rings is 1. The van der Waals surface area contributed by atoms with Crippen molar-refractivity contribution in [1.29, 1.82) is 0 Å². The van der Waals surface area contributed by atoms with Crippen LogP contribution < -0.4 is 10.6 Å². The molecule has 0 saturated carbocycles. The van der Waals surface area contributed by atoms with Gasteiger partial charge in [-0.3, -0.25) is 9.59 Å². The minimum atomic E-state index is -0.235. The summed E-state index contributed by atoms with van der Waals surface area (Å²) in [7, 11) is 0. The second-order valence-corrected chi connectivity index (χ2v) is 6.53. The van der Waals surface area contributed by atoms with Crippen LogP contribution >= 0.6 is 11.3 Å². The van der Waals surface area contributed by atoms with Crippen molar-refractivity contribution >= 4 is 23.2 Å². The van der Waals surface area contributed by atoms with E-state index in [0.29, 0.717) is 25.2 Å². The molecule has 1 aromatic heterocycles. The predicted octanol–water partition coefficient (Wildman–Crippen LogP) is 2.90. The van der Waals surface area contributed by atoms with E-state index in [4.69, 9.17) is 0 Å². The Labute approximate surface area is 156 Å². The molecule has 0 saturated heterocycles. The highest BCUT2D eigenvalue weighted by Gasteiger charge is 2.11. The van der Waals surface area contributed by atoms with Gasteiger partial charge in [0.1, 0.15) is 10.7 Å². The first-order valence-corrected chi connectivity index (χ1v) is 9.20. The molecular weight excluding hydrogens is 346 g/mol. The van der Waals surface area contributed by atoms with E-state index in [-0.39, 0.29) is 11.8 Å². The van der Waals surface area contributed by atoms with Crippen molar-refractivity contribution in [2.24, 2.45) is 0 Å². The third kappa shape index (κ3) is 5.00. The van der Waals surface area contributed by atoms with E-state index in [0.717, 1.165) is 16.1 Å². The highest BCUT2D eigenvalue weighted by molar-refractivity contribution is 7.13. The van der Waals surface area contributed by atoms with Gasteiger partial charge in [-0.25, -0.2) is 4.98 Å². The predicted molar refractivity (Wildman–Crippen MR) is 103 cm³/mol. The van der Waals surface area contributed by atoms with Crippen molar-refractivity contribution in [3.63, 3.8) is 0 Å². The van der Waals surface area contributed by atoms with E-state index in [1.165, 1.54) is 11.3 Å². The monoisotopic (exact) mass is 365 g/mol. The molecular formula is C20H19N3O2S. The van der Waals surface area contributed by atoms with Crippen LogP contribution in [0.25, 0.3) is 10.6 Å². The lowest BCUT2D eigenvalue weighted by atomic mass is 10.1. The van der Waals surface area contributed by atoms with Gasteiger partial charge >= 0.3 is 0 Å². The van der Waals surface area contributed by atoms with Gasteiger partial charge in [0, 0.05) is 24.0 Å². The minimum absolute atomic E-state index is 0.0644. The molecule has 0 aliphatic heterocycles. The van der Waals surface area contributed by atoms with Crippen LogP contribution in [-0.4, -0.2) is 29.9 Å². The Hall–Kier alpha value is -2.99. The summed E-state index contributed by atoms with van der Waals surface area (Å²) in [5.41, 5.74) is 2.35. The van der Waals surface area contributed by atoms with Crippen molar-refractivity contribution < 1.29 is 9.59 Å². The standard InChI is InChI=1S/C20H19N3O2S/c24-18(13-15-7-3-1-4-8-15)21-11-12-22-19(25)17-14-26-20(23-17)16-9-5-2-6-10-16/h1-10,14H,11-13H2,(H,21,24)(H,22,25). The minimum Gasteiger partial charge on any atom is -0.354 e. The van der Waals surface area contributed by atoms with Gasteiger partial charge in [-0.15, -0.1) is 11.3 Å². The quantitative estimate of drug-likeness (QED) is 0.633. The number of nitrogens with one attached hydrogen (secondary N) is 2. The molecule has 1 heterocycles. The molecule has 0 unspecified atom stereocenters. The second kappa shape index (κ2) is 8.92. The lowest BCUT2D eigenvalue weighted by Crippen LogP contribution is -2.35. The van der Waals surface area contributed by atoms with Crippen molar-refractivity contribution in [1.82, 2.24) is 15.6 Å². The number of carbonyl (C=O) groups excluding carboxylic acids is 2. The van der Waals surface area contributed by atoms with Crippen LogP contribution in [-0.2, 0) is 11.2 Å². The Morgan fingerprint density at radius 1 is 0.885 bits per heavy atom. The van der Waals surface area contributed by atoms with Crippen LogP contribution in [0.4, 0.5) is 0 Å². The fourth-order valence-corrected chi connectivity index (χ4v) is 3.21. The fraction of sp³-hybridized carbons (Fsp3) is 0.150. The summed E-state index contributed by atoms with van der Waals surface area (Å²) in [5.74, 6) is -0.300. The van der Waals surface area contributed by atoms with Crippen LogP contribution in [0.3, 0.4) is 0 Å². The molecule has 3 aromatic rings. The third-order valence-corrected chi connectivity index (χ3v) is 4.59. The van der Waals surface area contributed by atoms with E-state index in [1.54, 1.807) is 5.38 Å². The molecule has 26 heavy (non-hydrogen) atoms. The maximum Gasteiger partial charge on any atom is 0.270 e. The van der Waals surface area contributed by atoms with Crippen LogP contribution in [0.1, 0.15) is 16.1 Å². The highest BCUT2D eigenvalue weighted by atomic mass is 32.1. The Morgan fingerprint density at radius 2 is 1.54 bits per heavy atom. The van der Waals surface area contributed by atoms with Crippen molar-refractivity contribution in [2.45, 2.75) is 6.42 Å². The summed E-state index contributed by atoms with van der Waals surface area (Å²) in [6.45, 7) is 0.741. The van der Waals surface area contributed by atoms with Gasteiger partial charge in [-0.05, 0) is 5.56 Å². The maximum atomic E-state index is 12.1. The van der Waals surface area contributed by atoms with Gasteiger partial charge < -0.3 is 10.6 Å². The first-order chi connectivity index (χ1) is 12.7. The largest absolute Gasteiger partial charge is 0.354 e. The van der Waals surface area contributed by atoms with E-state index in [1.807, 2.05) is 60.7 Å². The molecule has 0 atom stereocenters. The molecule has 0 aliphatic rings. The van der Waals surface area contributed by atoms with Crippen LogP contribution in [0.15, 0.2) is 66.0 Å². The lowest BCUT2D eigenvalue weighted by Gasteiger charge is -2.06. The number of hydrogen-bond donors (Lipinski definition) is 2. The Kier molecular flexibility index (Phi) is 6.11. The molecule has 3 rings (SSSR count). The molecule has 2 aromatic carbocycles. The fourth-order valence-electron chi connectivity index (χ4n) is 2.40. The molecule has 2 N–H and O–H groups in total. The first kappa shape index (κ1) is 17.8. The van der Waals surface area contributed by atoms with Gasteiger partial charge in [0.05, 0.1) is 6.42 Å². The number of carbonyl (C=O) groups is 2. The van der Waals surface area contributed by atoms with E-state index in [2.05, 4.69) is 15.6 Å². The molecule has 6 heteroatoms. The molecule has 0 fully saturated rings. The lowest BCUT2D eigenvalue weighted by molar-refractivity contribution is -0.120. The Morgan fingerprint density at radius 3 is 2.27 bits per heavy atom. The summed E-state index contributed by atoms with van der Waals surface area (Å²) in [6, 6.07) is 19.3. The Bertz CT molecular complexity index is 863. The van der Waals surface area contributed by atoms with Gasteiger partial charge in [-0.1, -0.05) is 60.7 Å². The molecule has 5 nitrogen and oxygen atoms in total. The zero-order valence-corrected chi connectivity index (χ0v) is 15.0. The third-order valence-electron chi connectivity index (χ3n) is 3.70. The van der Waals surface area contributed by atoms with Crippen molar-refractivity contribution in [2.75, 3.05) is 13.1 Å². The van der Waals surface area contributed by atoms with Gasteiger partial charge in [0.25, 0.3) is 5.91 Å². The second-order valence-electron chi connectivity index (χ2n) is 5.67. The molecule has 132 valence electrons. The van der Waals surface area contributed by atoms with Gasteiger partial charge in [0.2, 0.25) is 5.91 Å². The zero-order valence-electron chi connectivity index (χ0n) is 14.1. The van der Waals surface area contributed by atoms with Crippen molar-refractivity contribution in [3.8, 4) is 10.6 Å². The number of hydrogen-bond acceptors (Lipinski definition) is 4. The zero-order chi connectivity index (χ0) is 18.2. The molecule has 0 bridgehead atoms. The van der Waals surface area contributed by atoms with Crippen LogP contribution in [0, 0.1) is 0 Å². The number of nitrogens with zero attached hydrogens (tertiary/aromatic N) is 1. The number of amides is 2. The smallest absolute Gasteiger partial charge is 0.270 e. The van der Waals surface area contributed by atoms with Crippen LogP contribution in [0.5, 0.6) is 0 Å². The SMILES string of the molecule is O=C(Cc1ccccc1)NCCNC(=O)c1csc(-c2ccccc2)n1. The van der Waals surface area contributed by atoms with E-state index < -0.39 is 0 Å². The maximum absolute atomic E-state index is 12.1. The average molecular weight is 365 g/mol. The molecule has 0 radical (unpaired) electrons. The van der Waals surface area contributed by atoms with E-state index in [9.17, 15) is 9.59 Å². The van der Waals surface area contributed by atoms with Gasteiger partial charge in [-0.2, -0.15) is 0 Å². The summed E-state index contributed by atoms with van der Waals surface area (Å²) in [5, 5.41) is 8.12. The van der Waals surface area contributed by atoms with Gasteiger partial charge in [0.15, 0.2) is 0 Å². The van der Waals surface area contributed by atoms with Crippen molar-refractivity contribution in [3.05, 3.63) is 77.3 Å². The average Bonchev–Trinajstić information content (AvgIpc) is 3.17. The number of benzene rings is 2. The number of aromatic nitrogens is 1. The summed E-state index contributed by atoms with van der Waals surface area (Å²) in [6.07, 6.45) is 0.335. The molecule has 0 spiro atoms. The Balaban J connectivity index is 1.42. The highest BCUT2D eigenvalue weighted by Crippen LogP contribution is 2.23. The first-order valence-electron chi connectivity index (χ1n) is 8.32. The molecule has 0 aliphatic carbocycles. The topological polar surface area (TPSA) is 71.1 Å². The molecule has 2 amide bonds. The van der Waals surface area contributed by atoms with E-state index >= 15 is 0 Å². The summed E-state index contributed by atoms with van der Waals surface area (Å²) >= 11 is 1.43. The number of rotatable bonds is 7. The summed E-state index contributed by atoms with van der Waals surface area (Å²) in [4.78, 5) is 28.4. The summed E-state index contributed by atoms with van der Waals surface area (Å²) < 4.78 is 0.